The molecule has 1 aliphatic rings. The molecule has 2 amide bonds. The van der Waals surface area contributed by atoms with Gasteiger partial charge in [-0.3, -0.25) is 9.59 Å². The molecule has 0 spiro atoms. The number of hydrogen-bond acceptors (Lipinski definition) is 3. The number of anilines is 2. The van der Waals surface area contributed by atoms with Gasteiger partial charge in [0.05, 0.1) is 16.4 Å². The number of nitrogens with one attached hydrogen (secondary N) is 1. The van der Waals surface area contributed by atoms with E-state index < -0.39 is 0 Å². The van der Waals surface area contributed by atoms with Crippen LogP contribution in [0.15, 0.2) is 60.7 Å². The maximum atomic E-state index is 13.0. The molecular weight excluding hydrogens is 434 g/mol. The number of rotatable bonds is 4. The largest absolute Gasteiger partial charge is 0.365 e. The van der Waals surface area contributed by atoms with E-state index in [0.717, 1.165) is 22.4 Å². The average Bonchev–Trinajstić information content (AvgIpc) is 2.79. The van der Waals surface area contributed by atoms with Crippen LogP contribution in [0.3, 0.4) is 0 Å². The zero-order chi connectivity index (χ0) is 23.5. The van der Waals surface area contributed by atoms with E-state index in [0.29, 0.717) is 48.0 Å². The molecule has 4 rings (SSSR count). The molecule has 33 heavy (non-hydrogen) atoms. The van der Waals surface area contributed by atoms with Crippen LogP contribution in [-0.4, -0.2) is 42.9 Å². The third kappa shape index (κ3) is 5.20. The molecule has 6 heteroatoms. The molecular formula is C27H28ClN3O2. The SMILES string of the molecule is Cc1ccc(C(=O)N2CCN(c3c(Cl)cccc3NC(=O)c3cc(C)cc(C)c3)CC2)cc1. The van der Waals surface area contributed by atoms with E-state index in [-0.39, 0.29) is 11.8 Å². The van der Waals surface area contributed by atoms with Crippen molar-refractivity contribution in [1.82, 2.24) is 4.90 Å². The van der Waals surface area contributed by atoms with Crippen molar-refractivity contribution in [3.8, 4) is 0 Å². The minimum absolute atomic E-state index is 0.0390. The second-order valence-corrected chi connectivity index (χ2v) is 9.02. The number of carbonyl (C=O) groups excluding carboxylic acids is 2. The highest BCUT2D eigenvalue weighted by molar-refractivity contribution is 6.34. The molecule has 0 bridgehead atoms. The van der Waals surface area contributed by atoms with Crippen LogP contribution in [0, 0.1) is 20.8 Å². The van der Waals surface area contributed by atoms with Crippen LogP contribution in [0.5, 0.6) is 0 Å². The first-order chi connectivity index (χ1) is 15.8. The molecule has 1 saturated heterocycles. The minimum Gasteiger partial charge on any atom is -0.365 e. The predicted octanol–water partition coefficient (Wildman–Crippen LogP) is 5.48. The van der Waals surface area contributed by atoms with Crippen LogP contribution >= 0.6 is 11.6 Å². The average molecular weight is 462 g/mol. The van der Waals surface area contributed by atoms with Crippen LogP contribution in [0.25, 0.3) is 0 Å². The highest BCUT2D eigenvalue weighted by Crippen LogP contribution is 2.35. The molecule has 0 unspecified atom stereocenters. The van der Waals surface area contributed by atoms with E-state index in [1.807, 2.05) is 86.3 Å². The van der Waals surface area contributed by atoms with E-state index in [9.17, 15) is 9.59 Å². The standard InChI is InChI=1S/C27H28ClN3O2/c1-18-7-9-21(10-8-18)27(33)31-13-11-30(12-14-31)25-23(28)5-4-6-24(25)29-26(32)22-16-19(2)15-20(3)17-22/h4-10,15-17H,11-14H2,1-3H3,(H,29,32). The molecule has 3 aromatic rings. The zero-order valence-corrected chi connectivity index (χ0v) is 19.9. The lowest BCUT2D eigenvalue weighted by molar-refractivity contribution is 0.0746. The van der Waals surface area contributed by atoms with E-state index in [4.69, 9.17) is 11.6 Å². The van der Waals surface area contributed by atoms with Crippen LogP contribution < -0.4 is 10.2 Å². The molecule has 1 heterocycles. The highest BCUT2D eigenvalue weighted by Gasteiger charge is 2.25. The fraction of sp³-hybridized carbons (Fsp3) is 0.259. The number of amides is 2. The number of piperazine rings is 1. The summed E-state index contributed by atoms with van der Waals surface area (Å²) in [7, 11) is 0. The summed E-state index contributed by atoms with van der Waals surface area (Å²) in [6.07, 6.45) is 0. The molecule has 1 N–H and O–H groups in total. The van der Waals surface area contributed by atoms with Gasteiger partial charge in [-0.25, -0.2) is 0 Å². The van der Waals surface area contributed by atoms with Crippen molar-refractivity contribution in [3.05, 3.63) is 93.5 Å². The first-order valence-electron chi connectivity index (χ1n) is 11.1. The summed E-state index contributed by atoms with van der Waals surface area (Å²) in [6.45, 7) is 8.40. The van der Waals surface area contributed by atoms with Crippen molar-refractivity contribution in [1.29, 1.82) is 0 Å². The second-order valence-electron chi connectivity index (χ2n) is 8.61. The number of para-hydroxylation sites is 1. The van der Waals surface area contributed by atoms with E-state index in [1.165, 1.54) is 0 Å². The summed E-state index contributed by atoms with van der Waals surface area (Å²) in [5, 5.41) is 3.61. The maximum Gasteiger partial charge on any atom is 0.255 e. The van der Waals surface area contributed by atoms with Gasteiger partial charge in [0.15, 0.2) is 0 Å². The number of benzene rings is 3. The Balaban J connectivity index is 1.49. The molecule has 1 aliphatic heterocycles. The van der Waals surface area contributed by atoms with Gasteiger partial charge in [0.25, 0.3) is 11.8 Å². The van der Waals surface area contributed by atoms with Crippen molar-refractivity contribution in [2.75, 3.05) is 36.4 Å². The maximum absolute atomic E-state index is 13.0. The predicted molar refractivity (Wildman–Crippen MR) is 135 cm³/mol. The van der Waals surface area contributed by atoms with Crippen molar-refractivity contribution in [2.24, 2.45) is 0 Å². The lowest BCUT2D eigenvalue weighted by Gasteiger charge is -2.37. The van der Waals surface area contributed by atoms with Crippen LogP contribution in [0.4, 0.5) is 11.4 Å². The monoisotopic (exact) mass is 461 g/mol. The van der Waals surface area contributed by atoms with E-state index in [2.05, 4.69) is 10.2 Å². The van der Waals surface area contributed by atoms with Crippen LogP contribution in [0.1, 0.15) is 37.4 Å². The van der Waals surface area contributed by atoms with Gasteiger partial charge in [-0.15, -0.1) is 0 Å². The number of nitrogens with zero attached hydrogens (tertiary/aromatic N) is 2. The Morgan fingerprint density at radius 2 is 1.42 bits per heavy atom. The fourth-order valence-electron chi connectivity index (χ4n) is 4.25. The van der Waals surface area contributed by atoms with Gasteiger partial charge < -0.3 is 15.1 Å². The summed E-state index contributed by atoms with van der Waals surface area (Å²) < 4.78 is 0. The van der Waals surface area contributed by atoms with Gasteiger partial charge >= 0.3 is 0 Å². The Hall–Kier alpha value is -3.31. The van der Waals surface area contributed by atoms with Gasteiger partial charge in [0, 0.05) is 37.3 Å². The van der Waals surface area contributed by atoms with Crippen LogP contribution in [0.2, 0.25) is 5.02 Å². The second kappa shape index (κ2) is 9.67. The summed E-state index contributed by atoms with van der Waals surface area (Å²) in [5.74, 6) is -0.129. The van der Waals surface area contributed by atoms with Crippen molar-refractivity contribution >= 4 is 34.8 Å². The molecule has 0 saturated carbocycles. The first-order valence-corrected chi connectivity index (χ1v) is 11.5. The van der Waals surface area contributed by atoms with Gasteiger partial charge in [0.2, 0.25) is 0 Å². The molecule has 0 aliphatic carbocycles. The zero-order valence-electron chi connectivity index (χ0n) is 19.2. The quantitative estimate of drug-likeness (QED) is 0.559. The smallest absolute Gasteiger partial charge is 0.255 e. The molecule has 1 fully saturated rings. The van der Waals surface area contributed by atoms with Crippen molar-refractivity contribution < 1.29 is 9.59 Å². The van der Waals surface area contributed by atoms with Crippen LogP contribution in [-0.2, 0) is 0 Å². The number of hydrogen-bond donors (Lipinski definition) is 1. The summed E-state index contributed by atoms with van der Waals surface area (Å²) in [6, 6.07) is 19.0. The lowest BCUT2D eigenvalue weighted by atomic mass is 10.1. The fourth-order valence-corrected chi connectivity index (χ4v) is 4.54. The summed E-state index contributed by atoms with van der Waals surface area (Å²) in [5.41, 5.74) is 6.00. The van der Waals surface area contributed by atoms with E-state index >= 15 is 0 Å². The molecule has 5 nitrogen and oxygen atoms in total. The van der Waals surface area contributed by atoms with Gasteiger partial charge in [-0.05, 0) is 57.2 Å². The molecule has 3 aromatic carbocycles. The third-order valence-electron chi connectivity index (χ3n) is 5.90. The number of aryl methyl sites for hydroxylation is 3. The van der Waals surface area contributed by atoms with Gasteiger partial charge in [-0.1, -0.05) is 52.6 Å². The minimum atomic E-state index is -0.168. The Kier molecular flexibility index (Phi) is 6.70. The normalized spacial score (nSPS) is 13.7. The van der Waals surface area contributed by atoms with Gasteiger partial charge in [-0.2, -0.15) is 0 Å². The Bertz CT molecular complexity index is 1160. The van der Waals surface area contributed by atoms with Crippen molar-refractivity contribution in [3.63, 3.8) is 0 Å². The number of halogens is 1. The lowest BCUT2D eigenvalue weighted by Crippen LogP contribution is -2.49. The molecule has 170 valence electrons. The number of carbonyl (C=O) groups is 2. The summed E-state index contributed by atoms with van der Waals surface area (Å²) in [4.78, 5) is 29.8. The Morgan fingerprint density at radius 1 is 0.788 bits per heavy atom. The Labute approximate surface area is 200 Å². The molecule has 0 aromatic heterocycles. The van der Waals surface area contributed by atoms with Crippen molar-refractivity contribution in [2.45, 2.75) is 20.8 Å². The topological polar surface area (TPSA) is 52.7 Å². The van der Waals surface area contributed by atoms with Gasteiger partial charge in [0.1, 0.15) is 0 Å². The highest BCUT2D eigenvalue weighted by atomic mass is 35.5. The molecule has 0 radical (unpaired) electrons. The molecule has 0 atom stereocenters. The summed E-state index contributed by atoms with van der Waals surface area (Å²) >= 11 is 6.58. The first kappa shape index (κ1) is 22.9. The third-order valence-corrected chi connectivity index (χ3v) is 6.21. The Morgan fingerprint density at radius 3 is 2.06 bits per heavy atom. The van der Waals surface area contributed by atoms with E-state index in [1.54, 1.807) is 0 Å².